The summed E-state index contributed by atoms with van der Waals surface area (Å²) in [7, 11) is 3.42. The largest absolute Gasteiger partial charge is 0.331 e. The van der Waals surface area contributed by atoms with E-state index < -0.39 is 4.92 Å². The molecular weight excluding hydrogens is 376 g/mol. The highest BCUT2D eigenvalue weighted by atomic mass is 16.6. The maximum absolute atomic E-state index is 12.8. The second kappa shape index (κ2) is 8.29. The average molecular weight is 400 g/mol. The number of non-ortho nitro benzene ring substituents is 1. The van der Waals surface area contributed by atoms with Gasteiger partial charge < -0.3 is 15.1 Å². The number of anilines is 1. The van der Waals surface area contributed by atoms with Crippen LogP contribution in [0.2, 0.25) is 0 Å². The van der Waals surface area contributed by atoms with E-state index in [1.807, 2.05) is 6.92 Å². The number of likely N-dealkylation sites (tertiary alicyclic amines) is 1. The molecule has 0 bridgehead atoms. The molecule has 10 nitrogen and oxygen atoms in total. The van der Waals surface area contributed by atoms with E-state index >= 15 is 0 Å². The van der Waals surface area contributed by atoms with Crippen LogP contribution in [0.1, 0.15) is 18.5 Å². The molecule has 3 amide bonds. The van der Waals surface area contributed by atoms with Gasteiger partial charge in [0.25, 0.3) is 5.69 Å². The van der Waals surface area contributed by atoms with Crippen LogP contribution in [0.25, 0.3) is 5.69 Å². The molecule has 2 aromatic rings. The van der Waals surface area contributed by atoms with Gasteiger partial charge in [-0.1, -0.05) is 0 Å². The molecule has 0 spiro atoms. The van der Waals surface area contributed by atoms with Gasteiger partial charge in [0.2, 0.25) is 5.91 Å². The molecule has 1 aromatic heterocycles. The molecule has 3 rings (SSSR count). The lowest BCUT2D eigenvalue weighted by molar-refractivity contribution is -0.384. The fraction of sp³-hybridized carbons (Fsp3) is 0.421. The first-order valence-corrected chi connectivity index (χ1v) is 9.35. The van der Waals surface area contributed by atoms with Gasteiger partial charge in [-0.15, -0.1) is 0 Å². The lowest BCUT2D eigenvalue weighted by Crippen LogP contribution is -2.45. The summed E-state index contributed by atoms with van der Waals surface area (Å²) < 4.78 is 1.56. The Morgan fingerprint density at radius 1 is 1.21 bits per heavy atom. The van der Waals surface area contributed by atoms with Gasteiger partial charge in [-0.3, -0.25) is 14.9 Å². The van der Waals surface area contributed by atoms with E-state index in [1.54, 1.807) is 41.9 Å². The third-order valence-corrected chi connectivity index (χ3v) is 4.91. The molecule has 1 aliphatic rings. The van der Waals surface area contributed by atoms with E-state index in [0.717, 1.165) is 0 Å². The van der Waals surface area contributed by atoms with Gasteiger partial charge in [-0.25, -0.2) is 9.48 Å². The van der Waals surface area contributed by atoms with Gasteiger partial charge in [0.15, 0.2) is 0 Å². The first-order valence-electron chi connectivity index (χ1n) is 9.35. The fourth-order valence-corrected chi connectivity index (χ4v) is 3.34. The highest BCUT2D eigenvalue weighted by molar-refractivity contribution is 5.92. The zero-order valence-corrected chi connectivity index (χ0v) is 16.7. The third kappa shape index (κ3) is 4.53. The Morgan fingerprint density at radius 3 is 2.38 bits per heavy atom. The maximum atomic E-state index is 12.8. The van der Waals surface area contributed by atoms with Crippen molar-refractivity contribution in [2.24, 2.45) is 5.92 Å². The van der Waals surface area contributed by atoms with Crippen LogP contribution in [0.5, 0.6) is 0 Å². The fourth-order valence-electron chi connectivity index (χ4n) is 3.34. The molecule has 0 saturated carbocycles. The molecular formula is C19H24N6O4. The lowest BCUT2D eigenvalue weighted by Gasteiger charge is -2.33. The van der Waals surface area contributed by atoms with Crippen molar-refractivity contribution in [1.29, 1.82) is 0 Å². The number of amides is 3. The van der Waals surface area contributed by atoms with Crippen molar-refractivity contribution in [3.05, 3.63) is 46.1 Å². The van der Waals surface area contributed by atoms with Crippen LogP contribution >= 0.6 is 0 Å². The number of piperidine rings is 1. The van der Waals surface area contributed by atoms with Crippen LogP contribution in [-0.4, -0.2) is 63.6 Å². The molecule has 1 aliphatic heterocycles. The molecule has 2 heterocycles. The average Bonchev–Trinajstić information content (AvgIpc) is 3.07. The lowest BCUT2D eigenvalue weighted by atomic mass is 9.96. The Hall–Kier alpha value is -3.43. The predicted molar refractivity (Wildman–Crippen MR) is 107 cm³/mol. The highest BCUT2D eigenvalue weighted by Gasteiger charge is 2.28. The number of hydrogen-bond acceptors (Lipinski definition) is 5. The van der Waals surface area contributed by atoms with Gasteiger partial charge >= 0.3 is 6.03 Å². The van der Waals surface area contributed by atoms with Crippen LogP contribution in [-0.2, 0) is 4.79 Å². The second-order valence-electron chi connectivity index (χ2n) is 7.28. The quantitative estimate of drug-likeness (QED) is 0.625. The summed E-state index contributed by atoms with van der Waals surface area (Å²) in [5.41, 5.74) is 1.32. The Labute approximate surface area is 168 Å². The van der Waals surface area contributed by atoms with Crippen molar-refractivity contribution < 1.29 is 14.5 Å². The zero-order valence-electron chi connectivity index (χ0n) is 16.7. The van der Waals surface area contributed by atoms with Gasteiger partial charge in [0, 0.05) is 51.3 Å². The first-order chi connectivity index (χ1) is 13.8. The molecule has 0 aliphatic carbocycles. The van der Waals surface area contributed by atoms with Crippen LogP contribution in [0.3, 0.4) is 0 Å². The van der Waals surface area contributed by atoms with E-state index in [-0.39, 0.29) is 23.5 Å². The number of hydrogen-bond donors (Lipinski definition) is 1. The summed E-state index contributed by atoms with van der Waals surface area (Å²) in [6, 6.07) is 7.68. The number of nitro benzene ring substituents is 1. The minimum atomic E-state index is -0.464. The van der Waals surface area contributed by atoms with Crippen LogP contribution in [0.4, 0.5) is 16.3 Å². The van der Waals surface area contributed by atoms with Gasteiger partial charge in [0.05, 0.1) is 16.3 Å². The number of aromatic nitrogens is 2. The molecule has 10 heteroatoms. The summed E-state index contributed by atoms with van der Waals surface area (Å²) in [6.07, 6.45) is 1.19. The molecule has 0 atom stereocenters. The van der Waals surface area contributed by atoms with Crippen molar-refractivity contribution in [2.45, 2.75) is 19.8 Å². The van der Waals surface area contributed by atoms with Crippen LogP contribution in [0, 0.1) is 23.0 Å². The zero-order chi connectivity index (χ0) is 21.1. The number of carbonyl (C=O) groups excluding carboxylic acids is 2. The topological polar surface area (TPSA) is 114 Å². The van der Waals surface area contributed by atoms with Crippen molar-refractivity contribution in [3.63, 3.8) is 0 Å². The Bertz CT molecular complexity index is 913. The molecule has 1 N–H and O–H groups in total. The standard InChI is InChI=1S/C19H24N6O4/c1-13-12-17(24(21-13)15-4-6-16(7-5-15)25(28)29)20-18(26)14-8-10-23(11-9-14)19(27)22(2)3/h4-7,12,14H,8-11H2,1-3H3,(H,20,26). The van der Waals surface area contributed by atoms with E-state index in [2.05, 4.69) is 10.4 Å². The van der Waals surface area contributed by atoms with Crippen molar-refractivity contribution in [2.75, 3.05) is 32.5 Å². The van der Waals surface area contributed by atoms with Crippen molar-refractivity contribution in [1.82, 2.24) is 19.6 Å². The number of benzene rings is 1. The van der Waals surface area contributed by atoms with E-state index in [0.29, 0.717) is 43.1 Å². The summed E-state index contributed by atoms with van der Waals surface area (Å²) in [6.45, 7) is 2.88. The molecule has 29 heavy (non-hydrogen) atoms. The Morgan fingerprint density at radius 2 is 1.83 bits per heavy atom. The molecule has 1 saturated heterocycles. The highest BCUT2D eigenvalue weighted by Crippen LogP contribution is 2.23. The smallest absolute Gasteiger partial charge is 0.319 e. The van der Waals surface area contributed by atoms with Crippen LogP contribution in [0.15, 0.2) is 30.3 Å². The molecule has 0 unspecified atom stereocenters. The number of nitrogens with zero attached hydrogens (tertiary/aromatic N) is 5. The Balaban J connectivity index is 1.69. The van der Waals surface area contributed by atoms with E-state index in [4.69, 9.17) is 0 Å². The molecule has 1 aromatic carbocycles. The molecule has 1 fully saturated rings. The predicted octanol–water partition coefficient (Wildman–Crippen LogP) is 2.42. The Kier molecular flexibility index (Phi) is 5.81. The minimum absolute atomic E-state index is 0.0118. The summed E-state index contributed by atoms with van der Waals surface area (Å²) in [4.78, 5) is 38.4. The second-order valence-corrected chi connectivity index (χ2v) is 7.28. The number of nitro groups is 1. The number of aryl methyl sites for hydroxylation is 1. The van der Waals surface area contributed by atoms with Gasteiger partial charge in [-0.05, 0) is 31.9 Å². The summed E-state index contributed by atoms with van der Waals surface area (Å²) in [5.74, 6) is 0.194. The van der Waals surface area contributed by atoms with Gasteiger partial charge in [0.1, 0.15) is 5.82 Å². The molecule has 154 valence electrons. The SMILES string of the molecule is Cc1cc(NC(=O)C2CCN(C(=O)N(C)C)CC2)n(-c2ccc([N+](=O)[O-])cc2)n1. The van der Waals surface area contributed by atoms with E-state index in [9.17, 15) is 19.7 Å². The minimum Gasteiger partial charge on any atom is -0.331 e. The summed E-state index contributed by atoms with van der Waals surface area (Å²) in [5, 5.41) is 18.1. The number of urea groups is 1. The number of nitrogens with one attached hydrogen (secondary N) is 1. The van der Waals surface area contributed by atoms with Crippen molar-refractivity contribution in [3.8, 4) is 5.69 Å². The summed E-state index contributed by atoms with van der Waals surface area (Å²) >= 11 is 0. The molecule has 0 radical (unpaired) electrons. The number of rotatable bonds is 4. The third-order valence-electron chi connectivity index (χ3n) is 4.91. The first kappa shape index (κ1) is 20.3. The maximum Gasteiger partial charge on any atom is 0.319 e. The van der Waals surface area contributed by atoms with Gasteiger partial charge in [-0.2, -0.15) is 5.10 Å². The van der Waals surface area contributed by atoms with E-state index in [1.165, 1.54) is 17.0 Å². The normalized spacial score (nSPS) is 14.5. The number of carbonyl (C=O) groups is 2. The monoisotopic (exact) mass is 400 g/mol. The van der Waals surface area contributed by atoms with Crippen LogP contribution < -0.4 is 5.32 Å². The van der Waals surface area contributed by atoms with Crippen molar-refractivity contribution >= 4 is 23.4 Å².